The highest BCUT2D eigenvalue weighted by atomic mass is 16.6. The fourth-order valence-corrected chi connectivity index (χ4v) is 3.66. The van der Waals surface area contributed by atoms with E-state index in [0.29, 0.717) is 29.1 Å². The minimum absolute atomic E-state index is 0.157. The summed E-state index contributed by atoms with van der Waals surface area (Å²) in [6.07, 6.45) is 4.23. The first-order valence-electron chi connectivity index (χ1n) is 9.96. The molecular formula is C23H29NO5. The number of esters is 2. The number of ether oxygens (including phenoxy) is 3. The smallest absolute Gasteiger partial charge is 0.349 e. The van der Waals surface area contributed by atoms with Crippen molar-refractivity contribution in [2.75, 3.05) is 13.7 Å². The lowest BCUT2D eigenvalue weighted by atomic mass is 9.75. The Kier molecular flexibility index (Phi) is 8.26. The van der Waals surface area contributed by atoms with Gasteiger partial charge in [0.1, 0.15) is 23.5 Å². The van der Waals surface area contributed by atoms with Crippen molar-refractivity contribution in [1.29, 1.82) is 5.26 Å². The molecule has 29 heavy (non-hydrogen) atoms. The summed E-state index contributed by atoms with van der Waals surface area (Å²) in [5.41, 5.74) is 0.465. The van der Waals surface area contributed by atoms with E-state index in [2.05, 4.69) is 20.8 Å². The molecule has 1 fully saturated rings. The molecule has 0 aliphatic heterocycles. The number of nitriles is 1. The van der Waals surface area contributed by atoms with E-state index in [4.69, 9.17) is 14.2 Å². The van der Waals surface area contributed by atoms with Crippen molar-refractivity contribution in [3.8, 4) is 11.8 Å². The third-order valence-electron chi connectivity index (χ3n) is 5.33. The van der Waals surface area contributed by atoms with Gasteiger partial charge in [-0.2, -0.15) is 5.26 Å². The Morgan fingerprint density at radius 2 is 1.93 bits per heavy atom. The molecule has 1 saturated carbocycles. The summed E-state index contributed by atoms with van der Waals surface area (Å²) >= 11 is 0. The van der Waals surface area contributed by atoms with Crippen LogP contribution in [-0.4, -0.2) is 31.8 Å². The number of carbonyl (C=O) groups excluding carboxylic acids is 2. The molecule has 0 amide bonds. The Hall–Kier alpha value is -2.81. The van der Waals surface area contributed by atoms with Crippen LogP contribution in [0.1, 0.15) is 45.6 Å². The average molecular weight is 399 g/mol. The molecule has 0 saturated heterocycles. The fourth-order valence-electron chi connectivity index (χ4n) is 3.66. The van der Waals surface area contributed by atoms with Gasteiger partial charge in [0.15, 0.2) is 6.61 Å². The monoisotopic (exact) mass is 399 g/mol. The van der Waals surface area contributed by atoms with Gasteiger partial charge in [0, 0.05) is 0 Å². The molecule has 0 unspecified atom stereocenters. The first-order chi connectivity index (χ1) is 13.8. The molecule has 1 aromatic carbocycles. The van der Waals surface area contributed by atoms with Crippen molar-refractivity contribution in [2.24, 2.45) is 17.8 Å². The largest absolute Gasteiger partial charge is 0.497 e. The minimum Gasteiger partial charge on any atom is -0.497 e. The lowest BCUT2D eigenvalue weighted by Gasteiger charge is -2.36. The van der Waals surface area contributed by atoms with Crippen LogP contribution in [0.25, 0.3) is 6.08 Å². The van der Waals surface area contributed by atoms with Crippen LogP contribution < -0.4 is 4.74 Å². The maximum atomic E-state index is 12.2. The van der Waals surface area contributed by atoms with Crippen LogP contribution in [0.15, 0.2) is 29.8 Å². The van der Waals surface area contributed by atoms with Gasteiger partial charge < -0.3 is 14.2 Å². The first-order valence-corrected chi connectivity index (χ1v) is 9.96. The van der Waals surface area contributed by atoms with Gasteiger partial charge in [0.25, 0.3) is 0 Å². The van der Waals surface area contributed by atoms with E-state index in [-0.39, 0.29) is 11.7 Å². The van der Waals surface area contributed by atoms with Crippen molar-refractivity contribution >= 4 is 18.0 Å². The second kappa shape index (κ2) is 10.7. The van der Waals surface area contributed by atoms with Gasteiger partial charge in [-0.3, -0.25) is 0 Å². The second-order valence-corrected chi connectivity index (χ2v) is 7.87. The van der Waals surface area contributed by atoms with E-state index < -0.39 is 18.5 Å². The topological polar surface area (TPSA) is 85.6 Å². The zero-order chi connectivity index (χ0) is 21.4. The van der Waals surface area contributed by atoms with Crippen molar-refractivity contribution < 1.29 is 23.8 Å². The van der Waals surface area contributed by atoms with E-state index in [9.17, 15) is 14.9 Å². The molecule has 6 nitrogen and oxygen atoms in total. The van der Waals surface area contributed by atoms with Gasteiger partial charge in [-0.25, -0.2) is 9.59 Å². The highest BCUT2D eigenvalue weighted by Gasteiger charge is 2.33. The van der Waals surface area contributed by atoms with Crippen LogP contribution in [-0.2, 0) is 19.1 Å². The number of methoxy groups -OCH3 is 1. The van der Waals surface area contributed by atoms with Crippen LogP contribution in [0.2, 0.25) is 0 Å². The predicted octanol–water partition coefficient (Wildman–Crippen LogP) is 4.15. The van der Waals surface area contributed by atoms with Crippen LogP contribution in [0.3, 0.4) is 0 Å². The second-order valence-electron chi connectivity index (χ2n) is 7.87. The lowest BCUT2D eigenvalue weighted by molar-refractivity contribution is -0.165. The lowest BCUT2D eigenvalue weighted by Crippen LogP contribution is -2.36. The Morgan fingerprint density at radius 1 is 1.24 bits per heavy atom. The molecule has 0 N–H and O–H groups in total. The van der Waals surface area contributed by atoms with Crippen LogP contribution in [0, 0.1) is 29.1 Å². The van der Waals surface area contributed by atoms with Crippen molar-refractivity contribution in [3.05, 3.63) is 35.4 Å². The Morgan fingerprint density at radius 3 is 2.52 bits per heavy atom. The van der Waals surface area contributed by atoms with Crippen LogP contribution >= 0.6 is 0 Å². The molecule has 2 rings (SSSR count). The molecule has 0 aromatic heterocycles. The third-order valence-corrected chi connectivity index (χ3v) is 5.33. The van der Waals surface area contributed by atoms with E-state index >= 15 is 0 Å². The molecule has 0 spiro atoms. The Balaban J connectivity index is 1.92. The van der Waals surface area contributed by atoms with Gasteiger partial charge in [-0.15, -0.1) is 0 Å². The van der Waals surface area contributed by atoms with Gasteiger partial charge >= 0.3 is 11.9 Å². The standard InChI is InChI=1S/C23H29NO5/c1-15(2)20-10-5-16(3)11-21(20)29-22(25)14-28-23(26)18(13-24)12-17-6-8-19(27-4)9-7-17/h6-9,12,15-16,20-21H,5,10-11,14H2,1-4H3/b18-12-/t16-,20-,21+/m1/s1. The summed E-state index contributed by atoms with van der Waals surface area (Å²) < 4.78 is 15.7. The van der Waals surface area contributed by atoms with E-state index in [1.807, 2.05) is 6.07 Å². The number of nitrogens with zero attached hydrogens (tertiary/aromatic N) is 1. The molecular weight excluding hydrogens is 370 g/mol. The van der Waals surface area contributed by atoms with E-state index in [1.165, 1.54) is 6.08 Å². The summed E-state index contributed by atoms with van der Waals surface area (Å²) in [7, 11) is 1.55. The SMILES string of the molecule is COc1ccc(/C=C(/C#N)C(=O)OCC(=O)O[C@H]2C[C@H](C)CC[C@@H]2C(C)C)cc1. The third kappa shape index (κ3) is 6.63. The summed E-state index contributed by atoms with van der Waals surface area (Å²) in [6.45, 7) is 5.91. The number of hydrogen-bond donors (Lipinski definition) is 0. The number of hydrogen-bond acceptors (Lipinski definition) is 6. The Labute approximate surface area is 172 Å². The van der Waals surface area contributed by atoms with E-state index in [1.54, 1.807) is 31.4 Å². The molecule has 0 heterocycles. The minimum atomic E-state index is -0.849. The number of carbonyl (C=O) groups is 2. The highest BCUT2D eigenvalue weighted by Crippen LogP contribution is 2.35. The van der Waals surface area contributed by atoms with Gasteiger partial charge in [0.05, 0.1) is 7.11 Å². The summed E-state index contributed by atoms with van der Waals surface area (Å²) in [6, 6.07) is 8.69. The number of benzene rings is 1. The van der Waals surface area contributed by atoms with Crippen LogP contribution in [0.5, 0.6) is 5.75 Å². The summed E-state index contributed by atoms with van der Waals surface area (Å²) in [5.74, 6) is 0.476. The van der Waals surface area contributed by atoms with Crippen LogP contribution in [0.4, 0.5) is 0 Å². The fraction of sp³-hybridized carbons (Fsp3) is 0.522. The van der Waals surface area contributed by atoms with Crippen molar-refractivity contribution in [2.45, 2.75) is 46.1 Å². The first kappa shape index (κ1) is 22.5. The Bertz CT molecular complexity index is 775. The quantitative estimate of drug-likeness (QED) is 0.389. The molecule has 1 aromatic rings. The molecule has 6 heteroatoms. The average Bonchev–Trinajstić information content (AvgIpc) is 2.70. The molecule has 0 radical (unpaired) electrons. The molecule has 3 atom stereocenters. The van der Waals surface area contributed by atoms with Crippen molar-refractivity contribution in [1.82, 2.24) is 0 Å². The maximum absolute atomic E-state index is 12.2. The normalized spacial score (nSPS) is 21.9. The van der Waals surface area contributed by atoms with E-state index in [0.717, 1.165) is 19.3 Å². The zero-order valence-electron chi connectivity index (χ0n) is 17.5. The summed E-state index contributed by atoms with van der Waals surface area (Å²) in [4.78, 5) is 24.4. The zero-order valence-corrected chi connectivity index (χ0v) is 17.5. The van der Waals surface area contributed by atoms with Crippen molar-refractivity contribution in [3.63, 3.8) is 0 Å². The molecule has 0 bridgehead atoms. The molecule has 156 valence electrons. The summed E-state index contributed by atoms with van der Waals surface area (Å²) in [5, 5.41) is 9.25. The molecule has 1 aliphatic carbocycles. The van der Waals surface area contributed by atoms with Gasteiger partial charge in [-0.1, -0.05) is 39.3 Å². The maximum Gasteiger partial charge on any atom is 0.349 e. The van der Waals surface area contributed by atoms with Gasteiger partial charge in [-0.05, 0) is 54.4 Å². The molecule has 1 aliphatic rings. The predicted molar refractivity (Wildman–Crippen MR) is 109 cm³/mol. The van der Waals surface area contributed by atoms with Gasteiger partial charge in [0.2, 0.25) is 0 Å². The number of rotatable bonds is 7. The highest BCUT2D eigenvalue weighted by molar-refractivity contribution is 5.98.